The zero-order valence-corrected chi connectivity index (χ0v) is 11.4. The van der Waals surface area contributed by atoms with Crippen LogP contribution in [0.25, 0.3) is 0 Å². The number of carboxylic acids is 1. The molecule has 0 aliphatic carbocycles. The lowest BCUT2D eigenvalue weighted by atomic mass is 10.2. The van der Waals surface area contributed by atoms with Crippen LogP contribution in [0.3, 0.4) is 0 Å². The Bertz CT molecular complexity index is 438. The van der Waals surface area contributed by atoms with E-state index in [4.69, 9.17) is 0 Å². The van der Waals surface area contributed by atoms with Crippen LogP contribution in [-0.4, -0.2) is 47.8 Å². The summed E-state index contributed by atoms with van der Waals surface area (Å²) in [4.78, 5) is 24.9. The van der Waals surface area contributed by atoms with Crippen LogP contribution in [0.2, 0.25) is 0 Å². The summed E-state index contributed by atoms with van der Waals surface area (Å²) in [6.45, 7) is 2.02. The van der Waals surface area contributed by atoms with E-state index in [2.05, 4.69) is 8.75 Å². The second kappa shape index (κ2) is 5.66. The fourth-order valence-electron chi connectivity index (χ4n) is 1.89. The lowest BCUT2D eigenvalue weighted by molar-refractivity contribution is -0.141. The molecule has 0 bridgehead atoms. The summed E-state index contributed by atoms with van der Waals surface area (Å²) in [6, 6.07) is -0.763. The van der Waals surface area contributed by atoms with Crippen molar-refractivity contribution in [2.45, 2.75) is 31.2 Å². The first kappa shape index (κ1) is 13.3. The van der Waals surface area contributed by atoms with Crippen molar-refractivity contribution < 1.29 is 14.7 Å². The summed E-state index contributed by atoms with van der Waals surface area (Å²) in [5, 5.41) is 9.10. The number of rotatable bonds is 4. The molecule has 0 spiro atoms. The van der Waals surface area contributed by atoms with E-state index in [1.54, 1.807) is 0 Å². The largest absolute Gasteiger partial charge is 0.480 e. The van der Waals surface area contributed by atoms with E-state index in [1.165, 1.54) is 22.9 Å². The van der Waals surface area contributed by atoms with E-state index in [0.29, 0.717) is 5.75 Å². The van der Waals surface area contributed by atoms with Gasteiger partial charge in [-0.25, -0.2) is 4.79 Å². The molecule has 2 atom stereocenters. The van der Waals surface area contributed by atoms with Crippen molar-refractivity contribution in [3.63, 3.8) is 0 Å². The van der Waals surface area contributed by atoms with E-state index in [9.17, 15) is 14.7 Å². The minimum absolute atomic E-state index is 0.0784. The third-order valence-electron chi connectivity index (χ3n) is 2.73. The van der Waals surface area contributed by atoms with Crippen LogP contribution in [0.1, 0.15) is 30.3 Å². The molecule has 2 unspecified atom stereocenters. The van der Waals surface area contributed by atoms with E-state index >= 15 is 0 Å². The van der Waals surface area contributed by atoms with Crippen molar-refractivity contribution in [2.24, 2.45) is 0 Å². The van der Waals surface area contributed by atoms with Gasteiger partial charge in [-0.2, -0.15) is 8.75 Å². The molecule has 1 aromatic rings. The average molecular weight is 287 g/mol. The van der Waals surface area contributed by atoms with Crippen molar-refractivity contribution in [1.82, 2.24) is 13.6 Å². The maximum Gasteiger partial charge on any atom is 0.327 e. The molecule has 1 saturated heterocycles. The summed E-state index contributed by atoms with van der Waals surface area (Å²) in [5.41, 5.74) is 0.231. The van der Waals surface area contributed by atoms with Gasteiger partial charge in [0, 0.05) is 5.75 Å². The van der Waals surface area contributed by atoms with Crippen LogP contribution in [-0.2, 0) is 4.79 Å². The summed E-state index contributed by atoms with van der Waals surface area (Å²) >= 11 is 2.47. The Morgan fingerprint density at radius 3 is 2.94 bits per heavy atom. The molecule has 1 N–H and O–H groups in total. The van der Waals surface area contributed by atoms with Gasteiger partial charge < -0.3 is 10.0 Å². The Morgan fingerprint density at radius 1 is 1.61 bits per heavy atom. The zero-order chi connectivity index (χ0) is 13.1. The Hall–Kier alpha value is -1.15. The van der Waals surface area contributed by atoms with E-state index in [-0.39, 0.29) is 17.0 Å². The molecule has 1 amide bonds. The summed E-state index contributed by atoms with van der Waals surface area (Å²) < 4.78 is 7.67. The van der Waals surface area contributed by atoms with Crippen LogP contribution in [0, 0.1) is 0 Å². The van der Waals surface area contributed by atoms with Gasteiger partial charge in [0.1, 0.15) is 6.04 Å². The van der Waals surface area contributed by atoms with E-state index in [0.717, 1.165) is 24.6 Å². The normalized spacial score (nSPS) is 23.3. The molecule has 98 valence electrons. The third kappa shape index (κ3) is 2.49. The van der Waals surface area contributed by atoms with Gasteiger partial charge >= 0.3 is 5.97 Å². The average Bonchev–Trinajstić information content (AvgIpc) is 2.97. The smallest absolute Gasteiger partial charge is 0.327 e. The molecule has 1 aliphatic heterocycles. The van der Waals surface area contributed by atoms with Crippen LogP contribution in [0.5, 0.6) is 0 Å². The SMILES string of the molecule is CCCC1SCC(C(=O)O)N1C(=O)c1cnsn1. The number of amides is 1. The highest BCUT2D eigenvalue weighted by atomic mass is 32.2. The second-order valence-electron chi connectivity index (χ2n) is 3.94. The zero-order valence-electron chi connectivity index (χ0n) is 9.78. The van der Waals surface area contributed by atoms with E-state index in [1.807, 2.05) is 6.92 Å². The number of nitrogens with zero attached hydrogens (tertiary/aromatic N) is 3. The molecule has 6 nitrogen and oxygen atoms in total. The molecular weight excluding hydrogens is 274 g/mol. The topological polar surface area (TPSA) is 83.4 Å². The molecule has 0 aromatic carbocycles. The highest BCUT2D eigenvalue weighted by Gasteiger charge is 2.42. The molecule has 8 heteroatoms. The number of aliphatic carboxylic acids is 1. The molecule has 2 rings (SSSR count). The molecule has 0 radical (unpaired) electrons. The minimum Gasteiger partial charge on any atom is -0.480 e. The van der Waals surface area contributed by atoms with Gasteiger partial charge in [0.15, 0.2) is 5.69 Å². The molecular formula is C10H13N3O3S2. The van der Waals surface area contributed by atoms with Gasteiger partial charge in [-0.3, -0.25) is 4.79 Å². The van der Waals surface area contributed by atoms with Gasteiger partial charge in [-0.1, -0.05) is 13.3 Å². The van der Waals surface area contributed by atoms with Crippen molar-refractivity contribution in [3.8, 4) is 0 Å². The summed E-state index contributed by atoms with van der Waals surface area (Å²) in [5.74, 6) is -0.860. The fraction of sp³-hybridized carbons (Fsp3) is 0.600. The lowest BCUT2D eigenvalue weighted by Gasteiger charge is -2.26. The summed E-state index contributed by atoms with van der Waals surface area (Å²) in [6.07, 6.45) is 3.08. The maximum atomic E-state index is 12.3. The molecule has 2 heterocycles. The standard InChI is InChI=1S/C10H13N3O3S2/c1-2-3-8-13(7(5-17-8)10(15)16)9(14)6-4-11-18-12-6/h4,7-8H,2-3,5H2,1H3,(H,15,16). The quantitative estimate of drug-likeness (QED) is 0.899. The van der Waals surface area contributed by atoms with Gasteiger partial charge in [0.2, 0.25) is 0 Å². The predicted molar refractivity (Wildman–Crippen MR) is 68.7 cm³/mol. The number of carbonyl (C=O) groups is 2. The van der Waals surface area contributed by atoms with Crippen LogP contribution >= 0.6 is 23.5 Å². The highest BCUT2D eigenvalue weighted by Crippen LogP contribution is 2.33. The third-order valence-corrected chi connectivity index (χ3v) is 4.56. The van der Waals surface area contributed by atoms with Gasteiger partial charge in [-0.05, 0) is 6.42 Å². The summed E-state index contributed by atoms with van der Waals surface area (Å²) in [7, 11) is 0. The van der Waals surface area contributed by atoms with E-state index < -0.39 is 12.0 Å². The Labute approximate surface area is 113 Å². The van der Waals surface area contributed by atoms with Crippen molar-refractivity contribution in [3.05, 3.63) is 11.9 Å². The minimum atomic E-state index is -0.961. The second-order valence-corrected chi connectivity index (χ2v) is 5.70. The number of hydrogen-bond acceptors (Lipinski definition) is 6. The maximum absolute atomic E-state index is 12.3. The monoisotopic (exact) mass is 287 g/mol. The van der Waals surface area contributed by atoms with Crippen molar-refractivity contribution in [1.29, 1.82) is 0 Å². The van der Waals surface area contributed by atoms with Crippen LogP contribution < -0.4 is 0 Å². The first-order valence-electron chi connectivity index (χ1n) is 5.59. The Kier molecular flexibility index (Phi) is 4.18. The first-order valence-corrected chi connectivity index (χ1v) is 7.37. The number of aromatic nitrogens is 2. The van der Waals surface area contributed by atoms with Gasteiger partial charge in [0.05, 0.1) is 23.3 Å². The number of carbonyl (C=O) groups excluding carboxylic acids is 1. The molecule has 18 heavy (non-hydrogen) atoms. The van der Waals surface area contributed by atoms with Crippen LogP contribution in [0.4, 0.5) is 0 Å². The van der Waals surface area contributed by atoms with Crippen molar-refractivity contribution in [2.75, 3.05) is 5.75 Å². The predicted octanol–water partition coefficient (Wildman–Crippen LogP) is 1.31. The molecule has 1 fully saturated rings. The molecule has 1 aromatic heterocycles. The highest BCUT2D eigenvalue weighted by molar-refractivity contribution is 8.00. The first-order chi connectivity index (χ1) is 8.65. The number of thioether (sulfide) groups is 1. The van der Waals surface area contributed by atoms with Gasteiger partial charge in [-0.15, -0.1) is 11.8 Å². The Balaban J connectivity index is 2.23. The molecule has 0 saturated carbocycles. The van der Waals surface area contributed by atoms with Crippen LogP contribution in [0.15, 0.2) is 6.20 Å². The van der Waals surface area contributed by atoms with Gasteiger partial charge in [0.25, 0.3) is 5.91 Å². The van der Waals surface area contributed by atoms with Crippen molar-refractivity contribution >= 4 is 35.4 Å². The fourth-order valence-corrected chi connectivity index (χ4v) is 3.81. The number of hydrogen-bond donors (Lipinski definition) is 1. The number of carboxylic acid groups (broad SMARTS) is 1. The molecule has 1 aliphatic rings. The Morgan fingerprint density at radius 2 is 2.39 bits per heavy atom. The lowest BCUT2D eigenvalue weighted by Crippen LogP contribution is -2.45.